The number of aryl methyl sites for hydroxylation is 1. The van der Waals surface area contributed by atoms with Crippen LogP contribution in [0.4, 0.5) is 0 Å². The summed E-state index contributed by atoms with van der Waals surface area (Å²) in [5, 5.41) is 9.43. The van der Waals surface area contributed by atoms with Crippen molar-refractivity contribution >= 4 is 28.4 Å². The molecule has 0 bridgehead atoms. The van der Waals surface area contributed by atoms with E-state index in [1.54, 1.807) is 12.3 Å². The molecule has 1 N–H and O–H groups in total. The number of para-hydroxylation sites is 1. The Hall–Kier alpha value is -3.21. The number of fused-ring (bicyclic) bond motifs is 1. The van der Waals surface area contributed by atoms with E-state index in [-0.39, 0.29) is 0 Å². The summed E-state index contributed by atoms with van der Waals surface area (Å²) >= 11 is 0. The minimum absolute atomic E-state index is 0.373. The second-order valence-corrected chi connectivity index (χ2v) is 6.00. The zero-order chi connectivity index (χ0) is 18.0. The van der Waals surface area contributed by atoms with Gasteiger partial charge in [-0.15, -0.1) is 0 Å². The van der Waals surface area contributed by atoms with E-state index >= 15 is 0 Å². The Bertz CT molecular complexity index is 967. The fourth-order valence-electron chi connectivity index (χ4n) is 2.81. The molecule has 0 fully saturated rings. The first kappa shape index (κ1) is 16.6. The molecule has 1 aromatic heterocycles. The van der Waals surface area contributed by atoms with Crippen LogP contribution in [0.3, 0.4) is 0 Å². The average molecular weight is 335 g/mol. The van der Waals surface area contributed by atoms with Gasteiger partial charge in [-0.05, 0) is 18.6 Å². The van der Waals surface area contributed by atoms with Crippen molar-refractivity contribution in [2.45, 2.75) is 19.9 Å². The smallest absolute Gasteiger partial charge is 0.372 e. The lowest BCUT2D eigenvalue weighted by molar-refractivity contribution is -0.148. The van der Waals surface area contributed by atoms with Gasteiger partial charge in [0.15, 0.2) is 5.78 Å². The van der Waals surface area contributed by atoms with Gasteiger partial charge in [0.05, 0.1) is 6.42 Å². The highest BCUT2D eigenvalue weighted by Crippen LogP contribution is 2.24. The molecule has 0 atom stereocenters. The Labute approximate surface area is 144 Å². The van der Waals surface area contributed by atoms with Crippen molar-refractivity contribution in [3.05, 3.63) is 71.4 Å². The molecule has 0 spiro atoms. The van der Waals surface area contributed by atoms with E-state index in [0.717, 1.165) is 16.5 Å². The Morgan fingerprint density at radius 3 is 2.36 bits per heavy atom. The summed E-state index contributed by atoms with van der Waals surface area (Å²) < 4.78 is 1.94. The second kappa shape index (κ2) is 6.73. The third-order valence-corrected chi connectivity index (χ3v) is 4.12. The van der Waals surface area contributed by atoms with E-state index < -0.39 is 24.0 Å². The molecule has 0 aliphatic carbocycles. The standard InChI is InChI=1S/C20H17NO4/c1-13-6-8-14(9-7-13)11-21-12-16(15-4-2-3-5-17(15)21)18(22)10-19(23)20(24)25/h2-9,12H,10-11H2,1H3,(H,24,25). The fraction of sp³-hybridized carbons (Fsp3) is 0.150. The van der Waals surface area contributed by atoms with E-state index in [1.807, 2.05) is 54.0 Å². The van der Waals surface area contributed by atoms with Crippen LogP contribution < -0.4 is 0 Å². The van der Waals surface area contributed by atoms with Crippen molar-refractivity contribution in [1.29, 1.82) is 0 Å². The molecule has 0 saturated heterocycles. The third kappa shape index (κ3) is 3.50. The van der Waals surface area contributed by atoms with Gasteiger partial charge >= 0.3 is 5.97 Å². The number of rotatable bonds is 6. The molecule has 5 heteroatoms. The van der Waals surface area contributed by atoms with Gasteiger partial charge in [0.2, 0.25) is 5.78 Å². The SMILES string of the molecule is Cc1ccc(Cn2cc(C(=O)CC(=O)C(=O)O)c3ccccc32)cc1. The lowest BCUT2D eigenvalue weighted by Gasteiger charge is -2.06. The Morgan fingerprint density at radius 1 is 1.00 bits per heavy atom. The lowest BCUT2D eigenvalue weighted by atomic mass is 10.1. The number of ketones is 2. The Kier molecular flexibility index (Phi) is 4.48. The largest absolute Gasteiger partial charge is 0.475 e. The van der Waals surface area contributed by atoms with Crippen molar-refractivity contribution < 1.29 is 19.5 Å². The number of aromatic nitrogens is 1. The molecule has 0 unspecified atom stereocenters. The molecule has 0 radical (unpaired) electrons. The predicted octanol–water partition coefficient (Wildman–Crippen LogP) is 3.22. The normalized spacial score (nSPS) is 10.8. The van der Waals surface area contributed by atoms with E-state index in [4.69, 9.17) is 5.11 Å². The van der Waals surface area contributed by atoms with Gasteiger partial charge < -0.3 is 9.67 Å². The fourth-order valence-corrected chi connectivity index (χ4v) is 2.81. The van der Waals surface area contributed by atoms with Crippen LogP contribution in [0.5, 0.6) is 0 Å². The molecule has 25 heavy (non-hydrogen) atoms. The number of carbonyl (C=O) groups is 3. The molecule has 2 aromatic carbocycles. The number of nitrogens with zero attached hydrogens (tertiary/aromatic N) is 1. The molecule has 5 nitrogen and oxygen atoms in total. The van der Waals surface area contributed by atoms with E-state index in [1.165, 1.54) is 5.56 Å². The number of carbonyl (C=O) groups excluding carboxylic acids is 2. The topological polar surface area (TPSA) is 76.4 Å². The molecular formula is C20H17NO4. The summed E-state index contributed by atoms with van der Waals surface area (Å²) in [5.74, 6) is -3.16. The van der Waals surface area contributed by atoms with Gasteiger partial charge in [-0.3, -0.25) is 9.59 Å². The Morgan fingerprint density at radius 2 is 1.68 bits per heavy atom. The zero-order valence-corrected chi connectivity index (χ0v) is 13.7. The van der Waals surface area contributed by atoms with Crippen LogP contribution >= 0.6 is 0 Å². The van der Waals surface area contributed by atoms with Crippen LogP contribution in [0.2, 0.25) is 0 Å². The lowest BCUT2D eigenvalue weighted by Crippen LogP contribution is -2.17. The van der Waals surface area contributed by atoms with Crippen molar-refractivity contribution in [2.24, 2.45) is 0 Å². The monoisotopic (exact) mass is 335 g/mol. The van der Waals surface area contributed by atoms with Crippen LogP contribution in [0.25, 0.3) is 10.9 Å². The molecule has 3 rings (SSSR count). The summed E-state index contributed by atoms with van der Waals surface area (Å²) in [4.78, 5) is 34.4. The first-order chi connectivity index (χ1) is 12.0. The first-order valence-electron chi connectivity index (χ1n) is 7.88. The quantitative estimate of drug-likeness (QED) is 0.426. The average Bonchev–Trinajstić information content (AvgIpc) is 2.96. The summed E-state index contributed by atoms with van der Waals surface area (Å²) in [6.07, 6.45) is 1.07. The van der Waals surface area contributed by atoms with Crippen molar-refractivity contribution in [3.8, 4) is 0 Å². The van der Waals surface area contributed by atoms with Crippen molar-refractivity contribution in [2.75, 3.05) is 0 Å². The van der Waals surface area contributed by atoms with Crippen molar-refractivity contribution in [3.63, 3.8) is 0 Å². The maximum Gasteiger partial charge on any atom is 0.372 e. The van der Waals surface area contributed by atoms with Gasteiger partial charge in [-0.25, -0.2) is 4.79 Å². The number of hydrogen-bond acceptors (Lipinski definition) is 3. The highest BCUT2D eigenvalue weighted by molar-refractivity contribution is 6.37. The number of aliphatic carboxylic acids is 1. The number of carboxylic acids is 1. The van der Waals surface area contributed by atoms with Gasteiger partial charge in [0.25, 0.3) is 0 Å². The zero-order valence-electron chi connectivity index (χ0n) is 13.7. The van der Waals surface area contributed by atoms with E-state index in [0.29, 0.717) is 12.1 Å². The van der Waals surface area contributed by atoms with Crippen LogP contribution in [-0.2, 0) is 16.1 Å². The molecule has 1 heterocycles. The molecule has 0 aliphatic heterocycles. The van der Waals surface area contributed by atoms with Crippen molar-refractivity contribution in [1.82, 2.24) is 4.57 Å². The molecule has 3 aromatic rings. The third-order valence-electron chi connectivity index (χ3n) is 4.12. The van der Waals surface area contributed by atoms with Gasteiger partial charge in [-0.2, -0.15) is 0 Å². The second-order valence-electron chi connectivity index (χ2n) is 6.00. The predicted molar refractivity (Wildman–Crippen MR) is 93.8 cm³/mol. The summed E-state index contributed by atoms with van der Waals surface area (Å²) in [5.41, 5.74) is 3.50. The van der Waals surface area contributed by atoms with Crippen LogP contribution in [-0.4, -0.2) is 27.2 Å². The summed E-state index contributed by atoms with van der Waals surface area (Å²) in [6.45, 7) is 2.60. The van der Waals surface area contributed by atoms with Crippen LogP contribution in [0, 0.1) is 6.92 Å². The molecule has 0 amide bonds. The van der Waals surface area contributed by atoms with Gasteiger partial charge in [-0.1, -0.05) is 48.0 Å². The highest BCUT2D eigenvalue weighted by Gasteiger charge is 2.21. The minimum atomic E-state index is -1.59. The maximum absolute atomic E-state index is 12.4. The number of Topliss-reactive ketones (excluding diaryl/α,β-unsaturated/α-hetero) is 2. The molecule has 126 valence electrons. The molecular weight excluding hydrogens is 318 g/mol. The first-order valence-corrected chi connectivity index (χ1v) is 7.88. The van der Waals surface area contributed by atoms with Gasteiger partial charge in [0, 0.05) is 29.2 Å². The number of carboxylic acid groups (broad SMARTS) is 1. The number of benzene rings is 2. The summed E-state index contributed by atoms with van der Waals surface area (Å²) in [7, 11) is 0. The highest BCUT2D eigenvalue weighted by atomic mass is 16.4. The van der Waals surface area contributed by atoms with Crippen LogP contribution in [0.15, 0.2) is 54.7 Å². The van der Waals surface area contributed by atoms with E-state index in [9.17, 15) is 14.4 Å². The molecule has 0 aliphatic rings. The minimum Gasteiger partial charge on any atom is -0.475 e. The Balaban J connectivity index is 1.97. The molecule has 0 saturated carbocycles. The summed E-state index contributed by atoms with van der Waals surface area (Å²) in [6, 6.07) is 15.5. The van der Waals surface area contributed by atoms with Crippen LogP contribution in [0.1, 0.15) is 27.9 Å². The number of hydrogen-bond donors (Lipinski definition) is 1. The van der Waals surface area contributed by atoms with Gasteiger partial charge in [0.1, 0.15) is 0 Å². The van der Waals surface area contributed by atoms with E-state index in [2.05, 4.69) is 0 Å². The maximum atomic E-state index is 12.4.